The Labute approximate surface area is 98.3 Å². The molecule has 0 radical (unpaired) electrons. The molecule has 1 unspecified atom stereocenters. The van der Waals surface area contributed by atoms with Crippen molar-refractivity contribution >= 4 is 0 Å². The van der Waals surface area contributed by atoms with Crippen LogP contribution in [0.2, 0.25) is 0 Å². The molecule has 1 atom stereocenters. The molecule has 1 N–H and O–H groups in total. The summed E-state index contributed by atoms with van der Waals surface area (Å²) < 4.78 is 2.25. The number of imidazole rings is 1. The SMILES string of the molecule is CCCNC(Cc1nccn1CC)C1CC1. The minimum absolute atomic E-state index is 0.646. The van der Waals surface area contributed by atoms with Gasteiger partial charge in [-0.3, -0.25) is 0 Å². The quantitative estimate of drug-likeness (QED) is 0.765. The summed E-state index contributed by atoms with van der Waals surface area (Å²) in [6.45, 7) is 6.56. The summed E-state index contributed by atoms with van der Waals surface area (Å²) in [5.74, 6) is 2.14. The van der Waals surface area contributed by atoms with Crippen LogP contribution in [0.15, 0.2) is 12.4 Å². The van der Waals surface area contributed by atoms with E-state index in [-0.39, 0.29) is 0 Å². The average Bonchev–Trinajstić information content (AvgIpc) is 3.05. The van der Waals surface area contributed by atoms with Crippen LogP contribution < -0.4 is 5.32 Å². The van der Waals surface area contributed by atoms with Crippen molar-refractivity contribution in [3.63, 3.8) is 0 Å². The van der Waals surface area contributed by atoms with E-state index in [1.165, 1.54) is 25.1 Å². The summed E-state index contributed by atoms with van der Waals surface area (Å²) in [5.41, 5.74) is 0. The molecule has 0 aromatic carbocycles. The molecule has 90 valence electrons. The molecule has 0 saturated heterocycles. The monoisotopic (exact) mass is 221 g/mol. The van der Waals surface area contributed by atoms with Crippen LogP contribution in [0.5, 0.6) is 0 Å². The van der Waals surface area contributed by atoms with Gasteiger partial charge in [0.15, 0.2) is 0 Å². The molecule has 1 aromatic rings. The number of aryl methyl sites for hydroxylation is 1. The molecule has 1 fully saturated rings. The normalized spacial score (nSPS) is 17.6. The van der Waals surface area contributed by atoms with E-state index in [1.54, 1.807) is 0 Å². The lowest BCUT2D eigenvalue weighted by Crippen LogP contribution is -2.34. The van der Waals surface area contributed by atoms with Crippen molar-refractivity contribution in [2.45, 2.75) is 52.1 Å². The minimum atomic E-state index is 0.646. The number of aromatic nitrogens is 2. The van der Waals surface area contributed by atoms with Crippen molar-refractivity contribution in [2.24, 2.45) is 5.92 Å². The van der Waals surface area contributed by atoms with E-state index in [0.717, 1.165) is 25.4 Å². The Balaban J connectivity index is 1.94. The highest BCUT2D eigenvalue weighted by Gasteiger charge is 2.31. The molecule has 0 spiro atoms. The van der Waals surface area contributed by atoms with Gasteiger partial charge in [-0.2, -0.15) is 0 Å². The van der Waals surface area contributed by atoms with Crippen LogP contribution in [-0.4, -0.2) is 22.1 Å². The van der Waals surface area contributed by atoms with Crippen molar-refractivity contribution in [1.29, 1.82) is 0 Å². The Hall–Kier alpha value is -0.830. The standard InChI is InChI=1S/C13H23N3/c1-3-7-14-12(11-5-6-11)10-13-15-8-9-16(13)4-2/h8-9,11-12,14H,3-7,10H2,1-2H3. The average molecular weight is 221 g/mol. The van der Waals surface area contributed by atoms with Gasteiger partial charge in [-0.1, -0.05) is 6.92 Å². The van der Waals surface area contributed by atoms with Crippen molar-refractivity contribution < 1.29 is 0 Å². The number of nitrogens with one attached hydrogen (secondary N) is 1. The first-order valence-corrected chi connectivity index (χ1v) is 6.58. The van der Waals surface area contributed by atoms with Gasteiger partial charge in [-0.25, -0.2) is 4.98 Å². The number of hydrogen-bond donors (Lipinski definition) is 1. The van der Waals surface area contributed by atoms with Crippen LogP contribution in [0.1, 0.15) is 38.9 Å². The fourth-order valence-electron chi connectivity index (χ4n) is 2.25. The summed E-state index contributed by atoms with van der Waals surface area (Å²) >= 11 is 0. The summed E-state index contributed by atoms with van der Waals surface area (Å²) in [4.78, 5) is 4.47. The molecule has 1 saturated carbocycles. The Bertz CT molecular complexity index is 315. The summed E-state index contributed by atoms with van der Waals surface area (Å²) in [6.07, 6.45) is 9.10. The van der Waals surface area contributed by atoms with E-state index in [0.29, 0.717) is 6.04 Å². The highest BCUT2D eigenvalue weighted by atomic mass is 15.1. The van der Waals surface area contributed by atoms with Crippen LogP contribution in [0, 0.1) is 5.92 Å². The van der Waals surface area contributed by atoms with E-state index >= 15 is 0 Å². The highest BCUT2D eigenvalue weighted by Crippen LogP contribution is 2.33. The van der Waals surface area contributed by atoms with Crippen molar-refractivity contribution in [1.82, 2.24) is 14.9 Å². The fourth-order valence-corrected chi connectivity index (χ4v) is 2.25. The van der Waals surface area contributed by atoms with Gasteiger partial charge in [0.05, 0.1) is 0 Å². The number of hydrogen-bond acceptors (Lipinski definition) is 2. The molecule has 16 heavy (non-hydrogen) atoms. The topological polar surface area (TPSA) is 29.9 Å². The predicted molar refractivity (Wildman–Crippen MR) is 66.4 cm³/mol. The van der Waals surface area contributed by atoms with Gasteiger partial charge in [0.1, 0.15) is 5.82 Å². The lowest BCUT2D eigenvalue weighted by atomic mass is 10.1. The molecule has 3 nitrogen and oxygen atoms in total. The van der Waals surface area contributed by atoms with Crippen LogP contribution >= 0.6 is 0 Å². The summed E-state index contributed by atoms with van der Waals surface area (Å²) in [5, 5.41) is 3.67. The van der Waals surface area contributed by atoms with Crippen molar-refractivity contribution in [3.8, 4) is 0 Å². The fraction of sp³-hybridized carbons (Fsp3) is 0.769. The zero-order chi connectivity index (χ0) is 11.4. The lowest BCUT2D eigenvalue weighted by Gasteiger charge is -2.18. The molecule has 3 heteroatoms. The zero-order valence-electron chi connectivity index (χ0n) is 10.4. The van der Waals surface area contributed by atoms with Gasteiger partial charge in [-0.15, -0.1) is 0 Å². The van der Waals surface area contributed by atoms with E-state index in [2.05, 4.69) is 34.9 Å². The Morgan fingerprint density at radius 3 is 2.94 bits per heavy atom. The smallest absolute Gasteiger partial charge is 0.110 e. The zero-order valence-corrected chi connectivity index (χ0v) is 10.4. The Kier molecular flexibility index (Phi) is 3.99. The summed E-state index contributed by atoms with van der Waals surface area (Å²) in [6, 6.07) is 0.646. The van der Waals surface area contributed by atoms with E-state index in [9.17, 15) is 0 Å². The molecule has 1 aliphatic carbocycles. The third-order valence-electron chi connectivity index (χ3n) is 3.39. The van der Waals surface area contributed by atoms with E-state index in [4.69, 9.17) is 0 Å². The molecule has 0 amide bonds. The van der Waals surface area contributed by atoms with Gasteiger partial charge >= 0.3 is 0 Å². The van der Waals surface area contributed by atoms with Crippen LogP contribution in [0.4, 0.5) is 0 Å². The highest BCUT2D eigenvalue weighted by molar-refractivity contribution is 4.99. The Morgan fingerprint density at radius 2 is 2.31 bits per heavy atom. The predicted octanol–water partition coefficient (Wildman–Crippen LogP) is 2.22. The lowest BCUT2D eigenvalue weighted by molar-refractivity contribution is 0.445. The van der Waals surface area contributed by atoms with E-state index in [1.807, 2.05) is 6.20 Å². The van der Waals surface area contributed by atoms with Crippen molar-refractivity contribution in [3.05, 3.63) is 18.2 Å². The first-order valence-electron chi connectivity index (χ1n) is 6.58. The second kappa shape index (κ2) is 5.48. The number of rotatable bonds is 7. The maximum Gasteiger partial charge on any atom is 0.110 e. The van der Waals surface area contributed by atoms with Gasteiger partial charge in [0, 0.05) is 31.4 Å². The largest absolute Gasteiger partial charge is 0.335 e. The second-order valence-electron chi connectivity index (χ2n) is 4.73. The van der Waals surface area contributed by atoms with Gasteiger partial charge < -0.3 is 9.88 Å². The van der Waals surface area contributed by atoms with Crippen molar-refractivity contribution in [2.75, 3.05) is 6.54 Å². The van der Waals surface area contributed by atoms with Crippen LogP contribution in [0.25, 0.3) is 0 Å². The third kappa shape index (κ3) is 2.85. The second-order valence-corrected chi connectivity index (χ2v) is 4.73. The summed E-state index contributed by atoms with van der Waals surface area (Å²) in [7, 11) is 0. The third-order valence-corrected chi connectivity index (χ3v) is 3.39. The number of nitrogens with zero attached hydrogens (tertiary/aromatic N) is 2. The molecule has 0 aliphatic heterocycles. The van der Waals surface area contributed by atoms with Gasteiger partial charge in [0.2, 0.25) is 0 Å². The molecule has 1 aromatic heterocycles. The van der Waals surface area contributed by atoms with Crippen LogP contribution in [0.3, 0.4) is 0 Å². The first kappa shape index (κ1) is 11.6. The molecule has 2 rings (SSSR count). The molecule has 1 heterocycles. The molecule has 0 bridgehead atoms. The molecular formula is C13H23N3. The van der Waals surface area contributed by atoms with Crippen LogP contribution in [-0.2, 0) is 13.0 Å². The first-order chi connectivity index (χ1) is 7.85. The van der Waals surface area contributed by atoms with Gasteiger partial charge in [-0.05, 0) is 38.6 Å². The molecular weight excluding hydrogens is 198 g/mol. The Morgan fingerprint density at radius 1 is 1.50 bits per heavy atom. The maximum absolute atomic E-state index is 4.47. The molecule has 1 aliphatic rings. The van der Waals surface area contributed by atoms with E-state index < -0.39 is 0 Å². The minimum Gasteiger partial charge on any atom is -0.335 e. The maximum atomic E-state index is 4.47. The van der Waals surface area contributed by atoms with Gasteiger partial charge in [0.25, 0.3) is 0 Å².